The first-order chi connectivity index (χ1) is 7.61. The van der Waals surface area contributed by atoms with Crippen LogP contribution in [0.15, 0.2) is 28.9 Å². The number of aromatic amines is 1. The van der Waals surface area contributed by atoms with Gasteiger partial charge in [-0.25, -0.2) is 4.79 Å². The molecule has 0 atom stereocenters. The van der Waals surface area contributed by atoms with E-state index in [4.69, 9.17) is 16.7 Å². The van der Waals surface area contributed by atoms with E-state index in [0.29, 0.717) is 20.8 Å². The van der Waals surface area contributed by atoms with E-state index in [9.17, 15) is 4.79 Å². The van der Waals surface area contributed by atoms with Crippen LogP contribution >= 0.6 is 27.5 Å². The third-order valence-corrected chi connectivity index (χ3v) is 2.97. The molecule has 0 radical (unpaired) electrons. The van der Waals surface area contributed by atoms with E-state index in [1.165, 1.54) is 0 Å². The number of hydrogen-bond acceptors (Lipinski definition) is 2. The Kier molecular flexibility index (Phi) is 2.98. The fraction of sp³-hybridized carbons (Fsp3) is 0. The van der Waals surface area contributed by atoms with Gasteiger partial charge >= 0.3 is 5.97 Å². The Hall–Kier alpha value is -1.33. The number of H-pyrrole nitrogens is 1. The Morgan fingerprint density at radius 3 is 2.75 bits per heavy atom. The Morgan fingerprint density at radius 1 is 1.44 bits per heavy atom. The summed E-state index contributed by atoms with van der Waals surface area (Å²) in [5.41, 5.74) is 1.03. The molecule has 1 heterocycles. The molecular weight excluding hydrogens is 295 g/mol. The maximum absolute atomic E-state index is 11.0. The fourth-order valence-electron chi connectivity index (χ4n) is 1.39. The first-order valence-electron chi connectivity index (χ1n) is 4.33. The van der Waals surface area contributed by atoms with Crippen molar-refractivity contribution >= 4 is 33.5 Å². The van der Waals surface area contributed by atoms with Crippen molar-refractivity contribution in [2.24, 2.45) is 0 Å². The number of rotatable bonds is 2. The number of benzene rings is 1. The second-order valence-corrected chi connectivity index (χ2v) is 4.25. The van der Waals surface area contributed by atoms with Gasteiger partial charge in [-0.3, -0.25) is 5.10 Å². The second kappa shape index (κ2) is 4.27. The van der Waals surface area contributed by atoms with Gasteiger partial charge in [-0.05, 0) is 22.0 Å². The lowest BCUT2D eigenvalue weighted by Crippen LogP contribution is -1.99. The van der Waals surface area contributed by atoms with Gasteiger partial charge in [-0.1, -0.05) is 29.8 Å². The molecule has 2 rings (SSSR count). The number of carboxylic acids is 1. The predicted octanol–water partition coefficient (Wildman–Crippen LogP) is 3.19. The molecule has 0 bridgehead atoms. The van der Waals surface area contributed by atoms with E-state index < -0.39 is 5.97 Å². The van der Waals surface area contributed by atoms with Crippen LogP contribution in [-0.2, 0) is 0 Å². The van der Waals surface area contributed by atoms with Crippen molar-refractivity contribution in [1.82, 2.24) is 10.2 Å². The number of nitrogens with zero attached hydrogens (tertiary/aromatic N) is 1. The molecule has 0 aliphatic heterocycles. The molecule has 1 aromatic carbocycles. The minimum atomic E-state index is -1.10. The van der Waals surface area contributed by atoms with Crippen LogP contribution in [0.25, 0.3) is 11.1 Å². The van der Waals surface area contributed by atoms with Crippen LogP contribution in [-0.4, -0.2) is 21.3 Å². The van der Waals surface area contributed by atoms with Gasteiger partial charge in [0.15, 0.2) is 5.69 Å². The molecule has 0 amide bonds. The van der Waals surface area contributed by atoms with Crippen LogP contribution in [0.1, 0.15) is 10.5 Å². The first-order valence-corrected chi connectivity index (χ1v) is 5.50. The van der Waals surface area contributed by atoms with Gasteiger partial charge < -0.3 is 5.11 Å². The number of nitrogens with one attached hydrogen (secondary N) is 1. The molecule has 1 aromatic heterocycles. The van der Waals surface area contributed by atoms with Crippen molar-refractivity contribution in [3.05, 3.63) is 39.6 Å². The van der Waals surface area contributed by atoms with E-state index in [1.807, 2.05) is 0 Å². The SMILES string of the molecule is O=C(O)c1n[nH]c(Br)c1-c1ccccc1Cl. The standard InChI is InChI=1S/C10H6BrClN2O2/c11-9-7(8(10(15)16)13-14-9)5-3-1-2-4-6(5)12/h1-4H,(H,13,14)(H,15,16). The minimum Gasteiger partial charge on any atom is -0.476 e. The number of carboxylic acid groups (broad SMARTS) is 1. The van der Waals surface area contributed by atoms with Gasteiger partial charge in [-0.15, -0.1) is 0 Å². The molecule has 0 saturated carbocycles. The summed E-state index contributed by atoms with van der Waals surface area (Å²) in [5, 5.41) is 15.7. The lowest BCUT2D eigenvalue weighted by Gasteiger charge is -2.02. The van der Waals surface area contributed by atoms with Crippen molar-refractivity contribution in [1.29, 1.82) is 0 Å². The third kappa shape index (κ3) is 1.83. The third-order valence-electron chi connectivity index (χ3n) is 2.07. The molecular formula is C10H6BrClN2O2. The average molecular weight is 302 g/mol. The Balaban J connectivity index is 2.68. The van der Waals surface area contributed by atoms with E-state index >= 15 is 0 Å². The van der Waals surface area contributed by atoms with Crippen LogP contribution < -0.4 is 0 Å². The van der Waals surface area contributed by atoms with Gasteiger partial charge in [0, 0.05) is 10.6 Å². The zero-order chi connectivity index (χ0) is 11.7. The average Bonchev–Trinajstić information content (AvgIpc) is 2.61. The number of hydrogen-bond donors (Lipinski definition) is 2. The highest BCUT2D eigenvalue weighted by Gasteiger charge is 2.20. The monoisotopic (exact) mass is 300 g/mol. The van der Waals surface area contributed by atoms with Crippen molar-refractivity contribution in [2.45, 2.75) is 0 Å². The summed E-state index contributed by atoms with van der Waals surface area (Å²) in [5.74, 6) is -1.10. The van der Waals surface area contributed by atoms with Crippen molar-refractivity contribution in [3.63, 3.8) is 0 Å². The van der Waals surface area contributed by atoms with Crippen LogP contribution in [0.4, 0.5) is 0 Å². The maximum atomic E-state index is 11.0. The Bertz CT molecular complexity index is 554. The number of aromatic carboxylic acids is 1. The highest BCUT2D eigenvalue weighted by Crippen LogP contribution is 2.34. The largest absolute Gasteiger partial charge is 0.476 e. The summed E-state index contributed by atoms with van der Waals surface area (Å²) < 4.78 is 0.498. The summed E-state index contributed by atoms with van der Waals surface area (Å²) in [4.78, 5) is 11.0. The molecule has 2 aromatic rings. The van der Waals surface area contributed by atoms with Gasteiger partial charge in [-0.2, -0.15) is 5.10 Å². The lowest BCUT2D eigenvalue weighted by molar-refractivity contribution is 0.0691. The summed E-state index contributed by atoms with van der Waals surface area (Å²) >= 11 is 9.23. The van der Waals surface area contributed by atoms with Gasteiger partial charge in [0.2, 0.25) is 0 Å². The highest BCUT2D eigenvalue weighted by molar-refractivity contribution is 9.10. The van der Waals surface area contributed by atoms with Crippen molar-refractivity contribution in [3.8, 4) is 11.1 Å². The second-order valence-electron chi connectivity index (χ2n) is 3.05. The smallest absolute Gasteiger partial charge is 0.357 e. The maximum Gasteiger partial charge on any atom is 0.357 e. The van der Waals surface area contributed by atoms with Gasteiger partial charge in [0.05, 0.1) is 5.56 Å². The molecule has 0 aliphatic carbocycles. The van der Waals surface area contributed by atoms with E-state index in [-0.39, 0.29) is 5.69 Å². The van der Waals surface area contributed by atoms with Crippen molar-refractivity contribution in [2.75, 3.05) is 0 Å². The molecule has 0 saturated heterocycles. The topological polar surface area (TPSA) is 66.0 Å². The van der Waals surface area contributed by atoms with E-state index in [2.05, 4.69) is 26.1 Å². The quantitative estimate of drug-likeness (QED) is 0.895. The molecule has 4 nitrogen and oxygen atoms in total. The molecule has 6 heteroatoms. The number of halogens is 2. The molecule has 16 heavy (non-hydrogen) atoms. The molecule has 82 valence electrons. The summed E-state index contributed by atoms with van der Waals surface area (Å²) in [6.45, 7) is 0. The summed E-state index contributed by atoms with van der Waals surface area (Å²) in [7, 11) is 0. The highest BCUT2D eigenvalue weighted by atomic mass is 79.9. The minimum absolute atomic E-state index is 0.0556. The fourth-order valence-corrected chi connectivity index (χ4v) is 2.11. The molecule has 0 fully saturated rings. The van der Waals surface area contributed by atoms with E-state index in [1.54, 1.807) is 24.3 Å². The van der Waals surface area contributed by atoms with Gasteiger partial charge in [0.25, 0.3) is 0 Å². The molecule has 0 aliphatic rings. The molecule has 2 N–H and O–H groups in total. The van der Waals surface area contributed by atoms with Crippen LogP contribution in [0, 0.1) is 0 Å². The lowest BCUT2D eigenvalue weighted by atomic mass is 10.1. The Labute approximate surface area is 104 Å². The molecule has 0 unspecified atom stereocenters. The normalized spacial score (nSPS) is 10.4. The number of aromatic nitrogens is 2. The van der Waals surface area contributed by atoms with Crippen molar-refractivity contribution < 1.29 is 9.90 Å². The zero-order valence-corrected chi connectivity index (χ0v) is 10.2. The summed E-state index contributed by atoms with van der Waals surface area (Å²) in [6, 6.07) is 7.00. The Morgan fingerprint density at radius 2 is 2.12 bits per heavy atom. The number of carbonyl (C=O) groups is 1. The molecule has 0 spiro atoms. The predicted molar refractivity (Wildman–Crippen MR) is 63.7 cm³/mol. The zero-order valence-electron chi connectivity index (χ0n) is 7.87. The first kappa shape index (κ1) is 11.2. The summed E-state index contributed by atoms with van der Waals surface area (Å²) in [6.07, 6.45) is 0. The van der Waals surface area contributed by atoms with Gasteiger partial charge in [0.1, 0.15) is 4.60 Å². The van der Waals surface area contributed by atoms with Crippen LogP contribution in [0.5, 0.6) is 0 Å². The van der Waals surface area contributed by atoms with Crippen LogP contribution in [0.3, 0.4) is 0 Å². The van der Waals surface area contributed by atoms with E-state index in [0.717, 1.165) is 0 Å². The van der Waals surface area contributed by atoms with Crippen LogP contribution in [0.2, 0.25) is 5.02 Å².